The lowest BCUT2D eigenvalue weighted by molar-refractivity contribution is 0.307. The summed E-state index contributed by atoms with van der Waals surface area (Å²) in [5.41, 5.74) is 7.04. The third-order valence-electron chi connectivity index (χ3n) is 2.45. The molecule has 0 aliphatic rings. The van der Waals surface area contributed by atoms with Crippen LogP contribution in [0.2, 0.25) is 0 Å². The Hall–Kier alpha value is -1.53. The number of hydrogen-bond donors (Lipinski definition) is 1. The van der Waals surface area contributed by atoms with Crippen LogP contribution < -0.4 is 10.5 Å². The van der Waals surface area contributed by atoms with Crippen molar-refractivity contribution in [2.24, 2.45) is 5.73 Å². The number of para-hydroxylation sites is 1. The summed E-state index contributed by atoms with van der Waals surface area (Å²) in [4.78, 5) is 0. The van der Waals surface area contributed by atoms with Crippen LogP contribution in [0, 0.1) is 11.3 Å². The van der Waals surface area contributed by atoms with Gasteiger partial charge < -0.3 is 10.5 Å². The van der Waals surface area contributed by atoms with E-state index in [1.807, 2.05) is 24.3 Å². The maximum Gasteiger partial charge on any atom is 0.124 e. The van der Waals surface area contributed by atoms with E-state index in [1.54, 1.807) is 0 Å². The molecule has 1 aromatic carbocycles. The first-order valence-electron chi connectivity index (χ1n) is 5.63. The summed E-state index contributed by atoms with van der Waals surface area (Å²) >= 11 is 0. The first kappa shape index (κ1) is 12.5. The van der Waals surface area contributed by atoms with Crippen LogP contribution in [0.3, 0.4) is 0 Å². The highest BCUT2D eigenvalue weighted by atomic mass is 16.5. The van der Waals surface area contributed by atoms with E-state index in [-0.39, 0.29) is 6.04 Å². The maximum atomic E-state index is 8.42. The van der Waals surface area contributed by atoms with Crippen LogP contribution in [0.5, 0.6) is 5.75 Å². The van der Waals surface area contributed by atoms with E-state index in [2.05, 4.69) is 13.0 Å². The van der Waals surface area contributed by atoms with Crippen LogP contribution in [0.1, 0.15) is 37.8 Å². The SMILES string of the molecule is CC[C@@H](N)c1ccccc1OCCCC#N. The molecule has 0 unspecified atom stereocenters. The Kier molecular flexibility index (Phi) is 5.38. The first-order chi connectivity index (χ1) is 7.79. The van der Waals surface area contributed by atoms with Gasteiger partial charge in [-0.05, 0) is 18.9 Å². The van der Waals surface area contributed by atoms with Gasteiger partial charge in [0.05, 0.1) is 12.7 Å². The molecule has 0 aliphatic heterocycles. The minimum absolute atomic E-state index is 0.0205. The Balaban J connectivity index is 2.61. The Bertz CT molecular complexity index is 357. The van der Waals surface area contributed by atoms with Crippen molar-refractivity contribution in [3.05, 3.63) is 29.8 Å². The summed E-state index contributed by atoms with van der Waals surface area (Å²) in [6.07, 6.45) is 2.17. The molecule has 16 heavy (non-hydrogen) atoms. The molecular weight excluding hydrogens is 200 g/mol. The fourth-order valence-corrected chi connectivity index (χ4v) is 1.47. The molecule has 0 saturated heterocycles. The minimum atomic E-state index is 0.0205. The van der Waals surface area contributed by atoms with Crippen LogP contribution in [-0.2, 0) is 0 Å². The molecule has 2 N–H and O–H groups in total. The number of hydrogen-bond acceptors (Lipinski definition) is 3. The quantitative estimate of drug-likeness (QED) is 0.747. The molecule has 86 valence electrons. The number of rotatable bonds is 6. The Morgan fingerprint density at radius 1 is 1.44 bits per heavy atom. The lowest BCUT2D eigenvalue weighted by Gasteiger charge is -2.15. The molecule has 0 heterocycles. The Morgan fingerprint density at radius 3 is 2.88 bits per heavy atom. The van der Waals surface area contributed by atoms with Gasteiger partial charge in [0.25, 0.3) is 0 Å². The molecule has 1 rings (SSSR count). The Labute approximate surface area is 96.8 Å². The van der Waals surface area contributed by atoms with Crippen molar-refractivity contribution in [2.75, 3.05) is 6.61 Å². The summed E-state index contributed by atoms with van der Waals surface area (Å²) in [7, 11) is 0. The topological polar surface area (TPSA) is 59.0 Å². The van der Waals surface area contributed by atoms with E-state index in [4.69, 9.17) is 15.7 Å². The highest BCUT2D eigenvalue weighted by Crippen LogP contribution is 2.25. The number of nitrogens with two attached hydrogens (primary N) is 1. The van der Waals surface area contributed by atoms with Gasteiger partial charge >= 0.3 is 0 Å². The summed E-state index contributed by atoms with van der Waals surface area (Å²) in [6.45, 7) is 2.62. The van der Waals surface area contributed by atoms with Crippen molar-refractivity contribution < 1.29 is 4.74 Å². The third kappa shape index (κ3) is 3.56. The van der Waals surface area contributed by atoms with E-state index in [9.17, 15) is 0 Å². The largest absolute Gasteiger partial charge is 0.493 e. The molecular formula is C13H18N2O. The summed E-state index contributed by atoms with van der Waals surface area (Å²) in [5.74, 6) is 0.842. The zero-order chi connectivity index (χ0) is 11.8. The second kappa shape index (κ2) is 6.86. The van der Waals surface area contributed by atoms with Gasteiger partial charge in [-0.3, -0.25) is 0 Å². The van der Waals surface area contributed by atoms with Crippen molar-refractivity contribution in [1.82, 2.24) is 0 Å². The molecule has 0 aromatic heterocycles. The number of unbranched alkanes of at least 4 members (excludes halogenated alkanes) is 1. The van der Waals surface area contributed by atoms with E-state index < -0.39 is 0 Å². The molecule has 0 amide bonds. The van der Waals surface area contributed by atoms with Gasteiger partial charge in [0.2, 0.25) is 0 Å². The monoisotopic (exact) mass is 218 g/mol. The second-order valence-electron chi connectivity index (χ2n) is 3.66. The van der Waals surface area contributed by atoms with E-state index >= 15 is 0 Å². The molecule has 0 bridgehead atoms. The maximum absolute atomic E-state index is 8.42. The van der Waals surface area contributed by atoms with Gasteiger partial charge in [-0.15, -0.1) is 0 Å². The molecule has 0 spiro atoms. The van der Waals surface area contributed by atoms with E-state index in [1.165, 1.54) is 0 Å². The fraction of sp³-hybridized carbons (Fsp3) is 0.462. The molecule has 1 atom stereocenters. The number of nitrogens with zero attached hydrogens (tertiary/aromatic N) is 1. The fourth-order valence-electron chi connectivity index (χ4n) is 1.47. The summed E-state index contributed by atoms with van der Waals surface area (Å²) in [5, 5.41) is 8.42. The minimum Gasteiger partial charge on any atom is -0.493 e. The highest BCUT2D eigenvalue weighted by Gasteiger charge is 2.09. The lowest BCUT2D eigenvalue weighted by atomic mass is 10.0. The summed E-state index contributed by atoms with van der Waals surface area (Å²) < 4.78 is 5.63. The van der Waals surface area contributed by atoms with Crippen LogP contribution in [0.25, 0.3) is 0 Å². The molecule has 0 saturated carbocycles. The second-order valence-corrected chi connectivity index (χ2v) is 3.66. The van der Waals surface area contributed by atoms with Gasteiger partial charge in [0, 0.05) is 18.0 Å². The molecule has 0 aliphatic carbocycles. The van der Waals surface area contributed by atoms with Crippen LogP contribution >= 0.6 is 0 Å². The van der Waals surface area contributed by atoms with E-state index in [0.29, 0.717) is 13.0 Å². The van der Waals surface area contributed by atoms with Crippen LogP contribution in [0.15, 0.2) is 24.3 Å². The highest BCUT2D eigenvalue weighted by molar-refractivity contribution is 5.35. The molecule has 0 fully saturated rings. The third-order valence-corrected chi connectivity index (χ3v) is 2.45. The predicted octanol–water partition coefficient (Wildman–Crippen LogP) is 2.78. The van der Waals surface area contributed by atoms with Crippen molar-refractivity contribution in [2.45, 2.75) is 32.2 Å². The first-order valence-corrected chi connectivity index (χ1v) is 5.63. The van der Waals surface area contributed by atoms with Gasteiger partial charge in [0.15, 0.2) is 0 Å². The Morgan fingerprint density at radius 2 is 2.19 bits per heavy atom. The molecule has 3 nitrogen and oxygen atoms in total. The van der Waals surface area contributed by atoms with Crippen molar-refractivity contribution in [3.8, 4) is 11.8 Å². The van der Waals surface area contributed by atoms with Crippen molar-refractivity contribution in [1.29, 1.82) is 5.26 Å². The smallest absolute Gasteiger partial charge is 0.124 e. The average Bonchev–Trinajstić information content (AvgIpc) is 2.34. The van der Waals surface area contributed by atoms with Gasteiger partial charge in [-0.2, -0.15) is 5.26 Å². The lowest BCUT2D eigenvalue weighted by Crippen LogP contribution is -2.11. The molecule has 3 heteroatoms. The number of ether oxygens (including phenoxy) is 1. The molecule has 0 radical (unpaired) electrons. The molecule has 1 aromatic rings. The van der Waals surface area contributed by atoms with Gasteiger partial charge in [-0.1, -0.05) is 25.1 Å². The number of nitriles is 1. The predicted molar refractivity (Wildman–Crippen MR) is 64.0 cm³/mol. The van der Waals surface area contributed by atoms with Gasteiger partial charge in [0.1, 0.15) is 5.75 Å². The normalized spacial score (nSPS) is 11.8. The average molecular weight is 218 g/mol. The standard InChI is InChI=1S/C13H18N2O/c1-2-12(15)11-7-3-4-8-13(11)16-10-6-5-9-14/h3-4,7-8,12H,2,5-6,10,15H2,1H3/t12-/m1/s1. The van der Waals surface area contributed by atoms with E-state index in [0.717, 1.165) is 24.2 Å². The van der Waals surface area contributed by atoms with Crippen LogP contribution in [-0.4, -0.2) is 6.61 Å². The van der Waals surface area contributed by atoms with Crippen molar-refractivity contribution in [3.63, 3.8) is 0 Å². The summed E-state index contributed by atoms with van der Waals surface area (Å²) in [6, 6.07) is 9.94. The zero-order valence-corrected chi connectivity index (χ0v) is 9.65. The number of benzene rings is 1. The zero-order valence-electron chi connectivity index (χ0n) is 9.65. The van der Waals surface area contributed by atoms with Crippen molar-refractivity contribution >= 4 is 0 Å². The van der Waals surface area contributed by atoms with Gasteiger partial charge in [-0.25, -0.2) is 0 Å². The van der Waals surface area contributed by atoms with Crippen LogP contribution in [0.4, 0.5) is 0 Å².